The van der Waals surface area contributed by atoms with Crippen molar-refractivity contribution >= 4 is 5.91 Å². The number of carbonyl (C=O) groups excluding carboxylic acids is 1. The minimum atomic E-state index is -0.186. The molecule has 1 aliphatic heterocycles. The molecule has 120 valence electrons. The van der Waals surface area contributed by atoms with Gasteiger partial charge in [0.15, 0.2) is 0 Å². The zero-order valence-corrected chi connectivity index (χ0v) is 13.1. The van der Waals surface area contributed by atoms with Crippen molar-refractivity contribution in [3.05, 3.63) is 35.4 Å². The summed E-state index contributed by atoms with van der Waals surface area (Å²) < 4.78 is 0. The number of likely N-dealkylation sites (tertiary alicyclic amines) is 1. The van der Waals surface area contributed by atoms with Crippen LogP contribution in [0.1, 0.15) is 43.2 Å². The number of aliphatic hydroxyl groups excluding tert-OH is 1. The lowest BCUT2D eigenvalue weighted by Gasteiger charge is -2.18. The van der Waals surface area contributed by atoms with E-state index in [0.29, 0.717) is 6.54 Å². The van der Waals surface area contributed by atoms with Crippen molar-refractivity contribution < 1.29 is 9.90 Å². The van der Waals surface area contributed by atoms with Crippen LogP contribution >= 0.6 is 0 Å². The Morgan fingerprint density at radius 3 is 2.59 bits per heavy atom. The lowest BCUT2D eigenvalue weighted by Crippen LogP contribution is -2.29. The van der Waals surface area contributed by atoms with Crippen LogP contribution in [0.5, 0.6) is 0 Å². The highest BCUT2D eigenvalue weighted by Crippen LogP contribution is 2.25. The second-order valence-electron chi connectivity index (χ2n) is 6.65. The molecule has 1 saturated heterocycles. The summed E-state index contributed by atoms with van der Waals surface area (Å²) in [6.45, 7) is 3.17. The van der Waals surface area contributed by atoms with Crippen LogP contribution in [0.4, 0.5) is 0 Å². The summed E-state index contributed by atoms with van der Waals surface area (Å²) in [7, 11) is 0. The molecule has 3 rings (SSSR count). The number of hydrogen-bond donors (Lipinski definition) is 2. The number of hydrogen-bond acceptors (Lipinski definition) is 3. The first-order valence-corrected chi connectivity index (χ1v) is 8.47. The molecule has 0 radical (unpaired) electrons. The van der Waals surface area contributed by atoms with Crippen molar-refractivity contribution in [3.63, 3.8) is 0 Å². The first kappa shape index (κ1) is 15.5. The minimum Gasteiger partial charge on any atom is -0.392 e. The van der Waals surface area contributed by atoms with Gasteiger partial charge in [-0.2, -0.15) is 0 Å². The highest BCUT2D eigenvalue weighted by molar-refractivity contribution is 5.78. The summed E-state index contributed by atoms with van der Waals surface area (Å²) in [4.78, 5) is 14.4. The second-order valence-corrected chi connectivity index (χ2v) is 6.65. The molecule has 2 fully saturated rings. The smallest absolute Gasteiger partial charge is 0.223 e. The van der Waals surface area contributed by atoms with E-state index in [4.69, 9.17) is 0 Å². The van der Waals surface area contributed by atoms with E-state index in [1.807, 2.05) is 12.1 Å². The van der Waals surface area contributed by atoms with E-state index in [2.05, 4.69) is 22.3 Å². The van der Waals surface area contributed by atoms with Gasteiger partial charge in [-0.15, -0.1) is 0 Å². The lowest BCUT2D eigenvalue weighted by atomic mass is 10.1. The SMILES string of the molecule is O=C(NCc1ccccc1CN1CC[C@@H](O)C1)C1CCCC1. The predicted octanol–water partition coefficient (Wildman–Crippen LogP) is 2.06. The molecule has 0 bridgehead atoms. The zero-order valence-electron chi connectivity index (χ0n) is 13.1. The number of β-amino-alcohol motifs (C(OH)–C–C–N with tert-alkyl or cyclic N) is 1. The van der Waals surface area contributed by atoms with Gasteiger partial charge >= 0.3 is 0 Å². The standard InChI is InChI=1S/C18H26N2O2/c21-17-9-10-20(13-17)12-16-8-4-3-7-15(16)11-19-18(22)14-5-1-2-6-14/h3-4,7-8,14,17,21H,1-2,5-6,9-13H2,(H,19,22)/t17-/m1/s1. The van der Waals surface area contributed by atoms with E-state index in [0.717, 1.165) is 38.9 Å². The molecule has 1 amide bonds. The first-order chi connectivity index (χ1) is 10.7. The number of carbonyl (C=O) groups is 1. The second kappa shape index (κ2) is 7.25. The molecule has 2 aliphatic rings. The Morgan fingerprint density at radius 2 is 1.91 bits per heavy atom. The number of nitrogens with one attached hydrogen (secondary N) is 1. The van der Waals surface area contributed by atoms with E-state index in [1.54, 1.807) is 0 Å². The molecule has 1 heterocycles. The highest BCUT2D eigenvalue weighted by Gasteiger charge is 2.23. The quantitative estimate of drug-likeness (QED) is 0.875. The molecular formula is C18H26N2O2. The number of amides is 1. The number of nitrogens with zero attached hydrogens (tertiary/aromatic N) is 1. The Morgan fingerprint density at radius 1 is 1.18 bits per heavy atom. The fourth-order valence-electron chi connectivity index (χ4n) is 3.60. The van der Waals surface area contributed by atoms with Gasteiger partial charge in [0, 0.05) is 32.1 Å². The van der Waals surface area contributed by atoms with E-state index < -0.39 is 0 Å². The average molecular weight is 302 g/mol. The van der Waals surface area contributed by atoms with Crippen molar-refractivity contribution in [3.8, 4) is 0 Å². The molecule has 0 spiro atoms. The third-order valence-electron chi connectivity index (χ3n) is 4.94. The summed E-state index contributed by atoms with van der Waals surface area (Å²) in [5.74, 6) is 0.435. The van der Waals surface area contributed by atoms with E-state index >= 15 is 0 Å². The molecule has 1 atom stereocenters. The average Bonchev–Trinajstić information content (AvgIpc) is 3.18. The number of rotatable bonds is 5. The molecule has 1 aromatic carbocycles. The van der Waals surface area contributed by atoms with Gasteiger partial charge in [0.05, 0.1) is 6.10 Å². The van der Waals surface area contributed by atoms with Crippen molar-refractivity contribution in [2.45, 2.75) is 51.3 Å². The van der Waals surface area contributed by atoms with Gasteiger partial charge in [-0.05, 0) is 30.4 Å². The van der Waals surface area contributed by atoms with Crippen molar-refractivity contribution in [2.75, 3.05) is 13.1 Å². The molecule has 1 aromatic rings. The van der Waals surface area contributed by atoms with Crippen molar-refractivity contribution in [1.29, 1.82) is 0 Å². The summed E-state index contributed by atoms with van der Waals surface area (Å²) in [6, 6.07) is 8.29. The summed E-state index contributed by atoms with van der Waals surface area (Å²) >= 11 is 0. The molecular weight excluding hydrogens is 276 g/mol. The molecule has 4 nitrogen and oxygen atoms in total. The Labute approximate surface area is 132 Å². The zero-order chi connectivity index (χ0) is 15.4. The topological polar surface area (TPSA) is 52.6 Å². The van der Waals surface area contributed by atoms with Crippen LogP contribution in [0.2, 0.25) is 0 Å². The first-order valence-electron chi connectivity index (χ1n) is 8.47. The van der Waals surface area contributed by atoms with Gasteiger partial charge in [0.2, 0.25) is 5.91 Å². The predicted molar refractivity (Wildman–Crippen MR) is 86.1 cm³/mol. The van der Waals surface area contributed by atoms with Gasteiger partial charge in [-0.1, -0.05) is 37.1 Å². The van der Waals surface area contributed by atoms with Crippen LogP contribution in [0.15, 0.2) is 24.3 Å². The molecule has 2 N–H and O–H groups in total. The Balaban J connectivity index is 1.57. The van der Waals surface area contributed by atoms with Crippen molar-refractivity contribution in [1.82, 2.24) is 10.2 Å². The summed E-state index contributed by atoms with van der Waals surface area (Å²) in [6.07, 6.45) is 5.13. The van der Waals surface area contributed by atoms with Crippen molar-refractivity contribution in [2.24, 2.45) is 5.92 Å². The van der Waals surface area contributed by atoms with Crippen LogP contribution in [-0.4, -0.2) is 35.1 Å². The Bertz CT molecular complexity index is 512. The normalized spacial score (nSPS) is 23.0. The van der Waals surface area contributed by atoms with Gasteiger partial charge in [0.1, 0.15) is 0 Å². The van der Waals surface area contributed by atoms with E-state index in [9.17, 15) is 9.90 Å². The lowest BCUT2D eigenvalue weighted by molar-refractivity contribution is -0.124. The van der Waals surface area contributed by atoms with Crippen LogP contribution in [0, 0.1) is 5.92 Å². The summed E-state index contributed by atoms with van der Waals surface area (Å²) in [5, 5.41) is 12.8. The van der Waals surface area contributed by atoms with Crippen LogP contribution in [0.3, 0.4) is 0 Å². The van der Waals surface area contributed by atoms with Gasteiger partial charge in [-0.3, -0.25) is 9.69 Å². The molecule has 0 unspecified atom stereocenters. The molecule has 22 heavy (non-hydrogen) atoms. The van der Waals surface area contributed by atoms with Crippen LogP contribution < -0.4 is 5.32 Å². The third-order valence-corrected chi connectivity index (χ3v) is 4.94. The Hall–Kier alpha value is -1.39. The Kier molecular flexibility index (Phi) is 5.11. The number of aliphatic hydroxyl groups is 1. The van der Waals surface area contributed by atoms with Crippen LogP contribution in [0.25, 0.3) is 0 Å². The van der Waals surface area contributed by atoms with Gasteiger partial charge < -0.3 is 10.4 Å². The van der Waals surface area contributed by atoms with Crippen LogP contribution in [-0.2, 0) is 17.9 Å². The largest absolute Gasteiger partial charge is 0.392 e. The molecule has 1 aliphatic carbocycles. The van der Waals surface area contributed by atoms with E-state index in [1.165, 1.54) is 24.0 Å². The maximum atomic E-state index is 12.2. The fraction of sp³-hybridized carbons (Fsp3) is 0.611. The highest BCUT2D eigenvalue weighted by atomic mass is 16.3. The summed E-state index contributed by atoms with van der Waals surface area (Å²) in [5.41, 5.74) is 2.44. The maximum Gasteiger partial charge on any atom is 0.223 e. The minimum absolute atomic E-state index is 0.186. The maximum absolute atomic E-state index is 12.2. The van der Waals surface area contributed by atoms with Gasteiger partial charge in [-0.25, -0.2) is 0 Å². The monoisotopic (exact) mass is 302 g/mol. The molecule has 4 heteroatoms. The third kappa shape index (κ3) is 3.87. The molecule has 0 aromatic heterocycles. The number of benzene rings is 1. The van der Waals surface area contributed by atoms with Gasteiger partial charge in [0.25, 0.3) is 0 Å². The van der Waals surface area contributed by atoms with E-state index in [-0.39, 0.29) is 17.9 Å². The molecule has 1 saturated carbocycles. The fourth-order valence-corrected chi connectivity index (χ4v) is 3.60.